The van der Waals surface area contributed by atoms with Crippen LogP contribution in [0.3, 0.4) is 0 Å². The van der Waals surface area contributed by atoms with Crippen molar-refractivity contribution in [3.8, 4) is 6.08 Å². The van der Waals surface area contributed by atoms with E-state index in [0.717, 1.165) is 17.7 Å². The van der Waals surface area contributed by atoms with Crippen LogP contribution in [0.2, 0.25) is 5.02 Å². The Morgan fingerprint density at radius 2 is 2.20 bits per heavy atom. The molecule has 1 amide bonds. The third-order valence-corrected chi connectivity index (χ3v) is 4.34. The Kier molecular flexibility index (Phi) is 4.60. The molecule has 0 bridgehead atoms. The van der Waals surface area contributed by atoms with Crippen molar-refractivity contribution in [2.45, 2.75) is 27.2 Å². The zero-order valence-corrected chi connectivity index (χ0v) is 15.6. The van der Waals surface area contributed by atoms with Gasteiger partial charge in [-0.1, -0.05) is 37.1 Å². The molecule has 2 aromatic rings. The monoisotopic (exact) mass is 360 g/mol. The van der Waals surface area contributed by atoms with Gasteiger partial charge in [-0.25, -0.2) is 0 Å². The van der Waals surface area contributed by atoms with Gasteiger partial charge in [0, 0.05) is 17.8 Å². The zero-order chi connectivity index (χ0) is 18.2. The van der Waals surface area contributed by atoms with Crippen LogP contribution in [-0.4, -0.2) is 29.4 Å². The highest BCUT2D eigenvalue weighted by Gasteiger charge is 2.25. The number of carbonyl (C=O) groups excluding carboxylic acids is 1. The van der Waals surface area contributed by atoms with E-state index in [0.29, 0.717) is 16.1 Å². The minimum atomic E-state index is -0.156. The fourth-order valence-corrected chi connectivity index (χ4v) is 3.19. The van der Waals surface area contributed by atoms with Crippen molar-refractivity contribution in [1.82, 2.24) is 9.88 Å². The van der Waals surface area contributed by atoms with E-state index >= 15 is 0 Å². The van der Waals surface area contributed by atoms with Crippen LogP contribution in [0.5, 0.6) is 6.08 Å². The second kappa shape index (κ2) is 6.56. The lowest BCUT2D eigenvalue weighted by Crippen LogP contribution is -2.33. The molecule has 132 valence electrons. The summed E-state index contributed by atoms with van der Waals surface area (Å²) in [6, 6.07) is 5.12. The molecule has 0 atom stereocenters. The summed E-state index contributed by atoms with van der Waals surface area (Å²) >= 11 is 5.92. The lowest BCUT2D eigenvalue weighted by Gasteiger charge is -2.31. The van der Waals surface area contributed by atoms with Crippen LogP contribution in [0.4, 0.5) is 0 Å². The number of nitrogens with zero attached hydrogens (tertiary/aromatic N) is 2. The quantitative estimate of drug-likeness (QED) is 0.800. The summed E-state index contributed by atoms with van der Waals surface area (Å²) in [6.07, 6.45) is 5.11. The van der Waals surface area contributed by atoms with Gasteiger partial charge in [-0.15, -0.1) is 0 Å². The van der Waals surface area contributed by atoms with Crippen molar-refractivity contribution < 1.29 is 13.9 Å². The fourth-order valence-electron chi connectivity index (χ4n) is 3.03. The number of likely N-dealkylation sites (N-methyl/N-ethyl adjacent to an activating group) is 1. The lowest BCUT2D eigenvalue weighted by atomic mass is 9.82. The second-order valence-electron chi connectivity index (χ2n) is 7.02. The molecule has 0 fully saturated rings. The number of ether oxygens (including phenoxy) is 1. The van der Waals surface area contributed by atoms with Gasteiger partial charge in [0.25, 0.3) is 5.91 Å². The smallest absolute Gasteiger partial charge is 0.395 e. The van der Waals surface area contributed by atoms with Crippen LogP contribution in [0.1, 0.15) is 27.2 Å². The fraction of sp³-hybridized carbons (Fsp3) is 0.368. The van der Waals surface area contributed by atoms with Crippen LogP contribution >= 0.6 is 11.6 Å². The zero-order valence-electron chi connectivity index (χ0n) is 14.8. The van der Waals surface area contributed by atoms with Gasteiger partial charge in [-0.2, -0.15) is 4.98 Å². The first-order chi connectivity index (χ1) is 11.7. The summed E-state index contributed by atoms with van der Waals surface area (Å²) in [4.78, 5) is 18.3. The van der Waals surface area contributed by atoms with Crippen LogP contribution in [0.25, 0.3) is 11.1 Å². The maximum absolute atomic E-state index is 12.5. The Labute approximate surface area is 151 Å². The molecule has 0 aliphatic heterocycles. The molecule has 0 saturated carbocycles. The van der Waals surface area contributed by atoms with E-state index in [-0.39, 0.29) is 24.0 Å². The second-order valence-corrected chi connectivity index (χ2v) is 7.46. The van der Waals surface area contributed by atoms with E-state index < -0.39 is 0 Å². The predicted molar refractivity (Wildman–Crippen MR) is 97.5 cm³/mol. The number of hydrogen-bond acceptors (Lipinski definition) is 4. The number of oxazole rings is 1. The van der Waals surface area contributed by atoms with Crippen molar-refractivity contribution in [3.05, 3.63) is 46.6 Å². The van der Waals surface area contributed by atoms with Gasteiger partial charge in [0.1, 0.15) is 5.52 Å². The summed E-state index contributed by atoms with van der Waals surface area (Å²) in [6.45, 7) is 6.21. The minimum absolute atomic E-state index is 0.0309. The first kappa shape index (κ1) is 17.5. The molecule has 0 saturated heterocycles. The van der Waals surface area contributed by atoms with Crippen molar-refractivity contribution in [3.63, 3.8) is 0 Å². The molecule has 0 spiro atoms. The number of benzene rings is 1. The Balaban J connectivity index is 1.66. The van der Waals surface area contributed by atoms with Gasteiger partial charge < -0.3 is 14.1 Å². The Morgan fingerprint density at radius 3 is 2.92 bits per heavy atom. The number of carbonyl (C=O) groups is 1. The average molecular weight is 361 g/mol. The van der Waals surface area contributed by atoms with E-state index in [1.807, 2.05) is 13.0 Å². The number of allylic oxidation sites excluding steroid dienone is 4. The van der Waals surface area contributed by atoms with E-state index in [1.165, 1.54) is 0 Å². The van der Waals surface area contributed by atoms with Gasteiger partial charge in [-0.05, 0) is 43.0 Å². The number of hydrogen-bond donors (Lipinski definition) is 0. The number of fused-ring (bicyclic) bond motifs is 1. The third kappa shape index (κ3) is 4.04. The Bertz CT molecular complexity index is 880. The number of aromatic nitrogens is 1. The molecule has 1 aliphatic carbocycles. The summed E-state index contributed by atoms with van der Waals surface area (Å²) in [5.41, 5.74) is 3.33. The highest BCUT2D eigenvalue weighted by Crippen LogP contribution is 2.34. The van der Waals surface area contributed by atoms with Gasteiger partial charge in [-0.3, -0.25) is 4.79 Å². The molecular formula is C19H21ClN2O3. The molecule has 3 rings (SSSR count). The van der Waals surface area contributed by atoms with Crippen LogP contribution < -0.4 is 4.74 Å². The number of amides is 1. The normalized spacial score (nSPS) is 16.4. The summed E-state index contributed by atoms with van der Waals surface area (Å²) in [5.74, 6) is -0.156. The highest BCUT2D eigenvalue weighted by molar-refractivity contribution is 6.31. The average Bonchev–Trinajstić information content (AvgIpc) is 2.91. The highest BCUT2D eigenvalue weighted by atomic mass is 35.5. The van der Waals surface area contributed by atoms with E-state index in [2.05, 4.69) is 24.9 Å². The molecule has 1 heterocycles. The van der Waals surface area contributed by atoms with Crippen LogP contribution in [0.15, 0.2) is 46.0 Å². The minimum Gasteiger partial charge on any atom is -0.440 e. The lowest BCUT2D eigenvalue weighted by molar-refractivity contribution is -0.130. The van der Waals surface area contributed by atoms with Gasteiger partial charge in [0.05, 0.1) is 0 Å². The van der Waals surface area contributed by atoms with Crippen LogP contribution in [-0.2, 0) is 4.79 Å². The Hall–Kier alpha value is -2.27. The molecule has 6 heteroatoms. The van der Waals surface area contributed by atoms with Crippen molar-refractivity contribution >= 4 is 28.6 Å². The van der Waals surface area contributed by atoms with Gasteiger partial charge in [0.2, 0.25) is 0 Å². The molecule has 0 radical (unpaired) electrons. The maximum atomic E-state index is 12.5. The standard InChI is InChI=1S/C19H21ClN2O3/c1-12-7-14(10-19(2,3)9-12)22(4)17(23)11-24-18-21-15-8-13(20)5-6-16(15)25-18/h5-9H,10-11H2,1-4H3. The molecule has 5 nitrogen and oxygen atoms in total. The third-order valence-electron chi connectivity index (χ3n) is 4.10. The van der Waals surface area contributed by atoms with E-state index in [4.69, 9.17) is 20.8 Å². The predicted octanol–water partition coefficient (Wildman–Crippen LogP) is 4.58. The molecule has 25 heavy (non-hydrogen) atoms. The van der Waals surface area contributed by atoms with E-state index in [1.54, 1.807) is 30.1 Å². The topological polar surface area (TPSA) is 55.6 Å². The Morgan fingerprint density at radius 1 is 1.44 bits per heavy atom. The van der Waals surface area contributed by atoms with E-state index in [9.17, 15) is 4.79 Å². The molecule has 0 N–H and O–H groups in total. The van der Waals surface area contributed by atoms with Crippen molar-refractivity contribution in [2.75, 3.05) is 13.7 Å². The number of rotatable bonds is 4. The first-order valence-electron chi connectivity index (χ1n) is 8.09. The SMILES string of the molecule is CC1=CC(C)(C)CC(N(C)C(=O)COc2nc3cc(Cl)ccc3o2)=C1. The summed E-state index contributed by atoms with van der Waals surface area (Å²) in [7, 11) is 1.76. The van der Waals surface area contributed by atoms with Gasteiger partial charge >= 0.3 is 6.08 Å². The summed E-state index contributed by atoms with van der Waals surface area (Å²) < 4.78 is 10.9. The van der Waals surface area contributed by atoms with Gasteiger partial charge in [0.15, 0.2) is 12.2 Å². The summed E-state index contributed by atoms with van der Waals surface area (Å²) in [5, 5.41) is 0.568. The largest absolute Gasteiger partial charge is 0.440 e. The maximum Gasteiger partial charge on any atom is 0.395 e. The van der Waals surface area contributed by atoms with Crippen LogP contribution in [0, 0.1) is 5.41 Å². The molecule has 0 unspecified atom stereocenters. The van der Waals surface area contributed by atoms with Crippen molar-refractivity contribution in [2.24, 2.45) is 5.41 Å². The molecule has 1 aliphatic rings. The molecule has 1 aromatic heterocycles. The molecular weight excluding hydrogens is 340 g/mol. The number of halogens is 1. The molecule has 1 aromatic carbocycles. The van der Waals surface area contributed by atoms with Crippen molar-refractivity contribution in [1.29, 1.82) is 0 Å². The first-order valence-corrected chi connectivity index (χ1v) is 8.47.